The number of carbonyl (C=O) groups excluding carboxylic acids is 1. The Hall–Kier alpha value is -2.04. The molecule has 0 spiro atoms. The lowest BCUT2D eigenvalue weighted by Crippen LogP contribution is -2.44. The van der Waals surface area contributed by atoms with Crippen LogP contribution in [0.3, 0.4) is 0 Å². The third-order valence-corrected chi connectivity index (χ3v) is 3.96. The lowest BCUT2D eigenvalue weighted by Gasteiger charge is -2.23. The molecule has 21 heavy (non-hydrogen) atoms. The number of likely N-dealkylation sites (tertiary alicyclic amines) is 1. The smallest absolute Gasteiger partial charge is 0.326 e. The molecule has 1 amide bonds. The second-order valence-electron chi connectivity index (χ2n) is 5.69. The van der Waals surface area contributed by atoms with Crippen LogP contribution in [0.25, 0.3) is 0 Å². The molecule has 5 nitrogen and oxygen atoms in total. The molecule has 0 bridgehead atoms. The van der Waals surface area contributed by atoms with E-state index in [0.29, 0.717) is 18.7 Å². The van der Waals surface area contributed by atoms with E-state index in [0.717, 1.165) is 11.1 Å². The zero-order valence-corrected chi connectivity index (χ0v) is 12.6. The van der Waals surface area contributed by atoms with Gasteiger partial charge in [-0.2, -0.15) is 0 Å². The second-order valence-corrected chi connectivity index (χ2v) is 5.69. The number of nitrogens with zero attached hydrogens (tertiary/aromatic N) is 1. The normalized spacial score (nSPS) is 21.4. The van der Waals surface area contributed by atoms with Gasteiger partial charge in [-0.3, -0.25) is 4.79 Å². The van der Waals surface area contributed by atoms with E-state index < -0.39 is 12.0 Å². The largest absolute Gasteiger partial charge is 0.483 e. The minimum absolute atomic E-state index is 0.0208. The molecule has 5 heteroatoms. The number of hydrogen-bond donors (Lipinski definition) is 1. The van der Waals surface area contributed by atoms with Crippen LogP contribution in [0.4, 0.5) is 0 Å². The Bertz CT molecular complexity index is 555. The van der Waals surface area contributed by atoms with Crippen LogP contribution < -0.4 is 4.74 Å². The molecule has 1 heterocycles. The number of amides is 1. The van der Waals surface area contributed by atoms with E-state index in [1.54, 1.807) is 0 Å². The van der Waals surface area contributed by atoms with Gasteiger partial charge in [-0.15, -0.1) is 0 Å². The lowest BCUT2D eigenvalue weighted by molar-refractivity contribution is -0.150. The van der Waals surface area contributed by atoms with Crippen molar-refractivity contribution in [3.8, 4) is 5.75 Å². The van der Waals surface area contributed by atoms with E-state index in [4.69, 9.17) is 4.74 Å². The zero-order valence-electron chi connectivity index (χ0n) is 12.6. The monoisotopic (exact) mass is 291 g/mol. The van der Waals surface area contributed by atoms with Gasteiger partial charge in [0, 0.05) is 6.54 Å². The van der Waals surface area contributed by atoms with Crippen LogP contribution in [-0.2, 0) is 9.59 Å². The maximum Gasteiger partial charge on any atom is 0.326 e. The van der Waals surface area contributed by atoms with Crippen molar-refractivity contribution in [1.82, 2.24) is 4.90 Å². The van der Waals surface area contributed by atoms with Gasteiger partial charge in [-0.05, 0) is 37.8 Å². The van der Waals surface area contributed by atoms with E-state index in [-0.39, 0.29) is 18.4 Å². The summed E-state index contributed by atoms with van der Waals surface area (Å²) in [6.45, 7) is 6.13. The Morgan fingerprint density at radius 3 is 2.71 bits per heavy atom. The molecule has 114 valence electrons. The Balaban J connectivity index is 2.00. The minimum Gasteiger partial charge on any atom is -0.483 e. The van der Waals surface area contributed by atoms with Gasteiger partial charge >= 0.3 is 5.97 Å². The molecule has 1 aromatic rings. The molecule has 0 saturated carbocycles. The van der Waals surface area contributed by atoms with Crippen LogP contribution in [0.1, 0.15) is 24.5 Å². The molecular weight excluding hydrogens is 270 g/mol. The predicted octanol–water partition coefficient (Wildman–Crippen LogP) is 2.00. The molecule has 0 aliphatic carbocycles. The molecule has 1 N–H and O–H groups in total. The Kier molecular flexibility index (Phi) is 4.50. The standard InChI is InChI=1S/C16H21NO4/c1-10-4-5-13(12(3)8-10)21-9-14(18)17-7-6-11(2)15(17)16(19)20/h4-5,8,11,15H,6-7,9H2,1-3H3,(H,19,20). The van der Waals surface area contributed by atoms with E-state index in [2.05, 4.69) is 0 Å². The summed E-state index contributed by atoms with van der Waals surface area (Å²) in [6, 6.07) is 5.00. The van der Waals surface area contributed by atoms with Gasteiger partial charge in [0.2, 0.25) is 0 Å². The van der Waals surface area contributed by atoms with Crippen LogP contribution in [0.15, 0.2) is 18.2 Å². The molecule has 0 radical (unpaired) electrons. The van der Waals surface area contributed by atoms with Gasteiger partial charge in [-0.25, -0.2) is 4.79 Å². The molecule has 1 aliphatic heterocycles. The van der Waals surface area contributed by atoms with Crippen molar-refractivity contribution in [2.45, 2.75) is 33.2 Å². The number of aliphatic carboxylic acids is 1. The van der Waals surface area contributed by atoms with Gasteiger partial charge in [0.25, 0.3) is 5.91 Å². The molecule has 1 aromatic carbocycles. The summed E-state index contributed by atoms with van der Waals surface area (Å²) in [7, 11) is 0. The van der Waals surface area contributed by atoms with Gasteiger partial charge in [0.1, 0.15) is 11.8 Å². The van der Waals surface area contributed by atoms with Crippen molar-refractivity contribution in [2.24, 2.45) is 5.92 Å². The first-order chi connectivity index (χ1) is 9.90. The first-order valence-corrected chi connectivity index (χ1v) is 7.12. The number of ether oxygens (including phenoxy) is 1. The highest BCUT2D eigenvalue weighted by molar-refractivity contribution is 5.85. The molecule has 0 aromatic heterocycles. The highest BCUT2D eigenvalue weighted by atomic mass is 16.5. The average Bonchev–Trinajstić information content (AvgIpc) is 2.79. The predicted molar refractivity (Wildman–Crippen MR) is 78.3 cm³/mol. The first-order valence-electron chi connectivity index (χ1n) is 7.12. The maximum atomic E-state index is 12.2. The highest BCUT2D eigenvalue weighted by Crippen LogP contribution is 2.25. The van der Waals surface area contributed by atoms with E-state index in [1.165, 1.54) is 4.90 Å². The number of hydrogen-bond acceptors (Lipinski definition) is 3. The van der Waals surface area contributed by atoms with Crippen LogP contribution in [0.5, 0.6) is 5.75 Å². The quantitative estimate of drug-likeness (QED) is 0.921. The number of carbonyl (C=O) groups is 2. The van der Waals surface area contributed by atoms with E-state index in [1.807, 2.05) is 39.0 Å². The highest BCUT2D eigenvalue weighted by Gasteiger charge is 2.39. The summed E-state index contributed by atoms with van der Waals surface area (Å²) in [6.07, 6.45) is 0.715. The number of carboxylic acid groups (broad SMARTS) is 1. The molecule has 2 rings (SSSR count). The number of carboxylic acids is 1. The topological polar surface area (TPSA) is 66.8 Å². The Labute approximate surface area is 124 Å². The molecule has 2 atom stereocenters. The molecule has 1 saturated heterocycles. The SMILES string of the molecule is Cc1ccc(OCC(=O)N2CCC(C)C2C(=O)O)c(C)c1. The number of rotatable bonds is 4. The second kappa shape index (κ2) is 6.16. The van der Waals surface area contributed by atoms with Crippen molar-refractivity contribution < 1.29 is 19.4 Å². The number of benzene rings is 1. The lowest BCUT2D eigenvalue weighted by atomic mass is 10.0. The summed E-state index contributed by atoms with van der Waals surface area (Å²) in [5, 5.41) is 9.23. The summed E-state index contributed by atoms with van der Waals surface area (Å²) < 4.78 is 5.55. The van der Waals surface area contributed by atoms with Gasteiger partial charge in [0.05, 0.1) is 0 Å². The third-order valence-electron chi connectivity index (χ3n) is 3.96. The summed E-state index contributed by atoms with van der Waals surface area (Å²) in [4.78, 5) is 24.9. The third kappa shape index (κ3) is 3.35. The van der Waals surface area contributed by atoms with Crippen LogP contribution in [-0.4, -0.2) is 41.1 Å². The van der Waals surface area contributed by atoms with Crippen molar-refractivity contribution >= 4 is 11.9 Å². The first kappa shape index (κ1) is 15.4. The van der Waals surface area contributed by atoms with Gasteiger partial charge < -0.3 is 14.7 Å². The minimum atomic E-state index is -0.945. The van der Waals surface area contributed by atoms with Crippen LogP contribution in [0, 0.1) is 19.8 Å². The van der Waals surface area contributed by atoms with E-state index in [9.17, 15) is 14.7 Å². The van der Waals surface area contributed by atoms with Crippen molar-refractivity contribution in [1.29, 1.82) is 0 Å². The summed E-state index contributed by atoms with van der Waals surface area (Å²) in [5.41, 5.74) is 2.10. The summed E-state index contributed by atoms with van der Waals surface area (Å²) >= 11 is 0. The fourth-order valence-electron chi connectivity index (χ4n) is 2.79. The average molecular weight is 291 g/mol. The van der Waals surface area contributed by atoms with Gasteiger partial charge in [-0.1, -0.05) is 24.6 Å². The van der Waals surface area contributed by atoms with Crippen molar-refractivity contribution in [2.75, 3.05) is 13.2 Å². The Morgan fingerprint density at radius 2 is 2.10 bits per heavy atom. The molecule has 2 unspecified atom stereocenters. The van der Waals surface area contributed by atoms with Crippen LogP contribution >= 0.6 is 0 Å². The molecule has 1 fully saturated rings. The van der Waals surface area contributed by atoms with E-state index >= 15 is 0 Å². The zero-order chi connectivity index (χ0) is 15.6. The molecule has 1 aliphatic rings. The summed E-state index contributed by atoms with van der Waals surface area (Å²) in [5.74, 6) is -0.577. The van der Waals surface area contributed by atoms with Crippen LogP contribution in [0.2, 0.25) is 0 Å². The molecular formula is C16H21NO4. The van der Waals surface area contributed by atoms with Crippen molar-refractivity contribution in [3.63, 3.8) is 0 Å². The fourth-order valence-corrected chi connectivity index (χ4v) is 2.79. The fraction of sp³-hybridized carbons (Fsp3) is 0.500. The Morgan fingerprint density at radius 1 is 1.38 bits per heavy atom. The van der Waals surface area contributed by atoms with Crippen molar-refractivity contribution in [3.05, 3.63) is 29.3 Å². The maximum absolute atomic E-state index is 12.2. The number of aryl methyl sites for hydroxylation is 2. The van der Waals surface area contributed by atoms with Gasteiger partial charge in [0.15, 0.2) is 6.61 Å².